The molecule has 0 saturated carbocycles. The fourth-order valence-corrected chi connectivity index (χ4v) is 3.99. The lowest BCUT2D eigenvalue weighted by molar-refractivity contribution is 0.0564. The molecule has 0 spiro atoms. The molecule has 30 heavy (non-hydrogen) atoms. The van der Waals surface area contributed by atoms with Crippen molar-refractivity contribution in [2.45, 2.75) is 58.9 Å². The molecule has 1 unspecified atom stereocenters. The summed E-state index contributed by atoms with van der Waals surface area (Å²) in [6.07, 6.45) is 8.33. The molecule has 156 valence electrons. The number of piperidine rings is 1. The van der Waals surface area contributed by atoms with Crippen molar-refractivity contribution in [3.63, 3.8) is 0 Å². The molecule has 4 rings (SSSR count). The Balaban J connectivity index is 1.75. The van der Waals surface area contributed by atoms with Gasteiger partial charge in [-0.2, -0.15) is 0 Å². The van der Waals surface area contributed by atoms with Crippen LogP contribution in [0, 0.1) is 13.8 Å². The van der Waals surface area contributed by atoms with Crippen LogP contribution < -0.4 is 0 Å². The second-order valence-electron chi connectivity index (χ2n) is 8.19. The average molecular weight is 406 g/mol. The van der Waals surface area contributed by atoms with Gasteiger partial charge in [0.15, 0.2) is 0 Å². The predicted octanol–water partition coefficient (Wildman–Crippen LogP) is 4.63. The zero-order valence-electron chi connectivity index (χ0n) is 17.9. The van der Waals surface area contributed by atoms with Gasteiger partial charge in [-0.1, -0.05) is 19.0 Å². The van der Waals surface area contributed by atoms with Crippen molar-refractivity contribution in [3.8, 4) is 11.1 Å². The minimum atomic E-state index is -0.136. The molecule has 1 saturated heterocycles. The van der Waals surface area contributed by atoms with E-state index >= 15 is 0 Å². The Bertz CT molecular complexity index is 1060. The smallest absolute Gasteiger partial charge is 0.293 e. The first-order valence-corrected chi connectivity index (χ1v) is 10.5. The van der Waals surface area contributed by atoms with Crippen LogP contribution >= 0.6 is 0 Å². The molecule has 3 aromatic rings. The van der Waals surface area contributed by atoms with E-state index in [0.717, 1.165) is 47.3 Å². The molecule has 1 aliphatic heterocycles. The van der Waals surface area contributed by atoms with Gasteiger partial charge < -0.3 is 9.42 Å². The van der Waals surface area contributed by atoms with E-state index in [2.05, 4.69) is 15.1 Å². The highest BCUT2D eigenvalue weighted by Gasteiger charge is 2.33. The van der Waals surface area contributed by atoms with Gasteiger partial charge in [-0.3, -0.25) is 9.78 Å². The standard InChI is InChI=1S/C23H27N5O2/c1-14(2)19-11-21(30-27-19)23(29)28-10-6-5-7-20(28)22-18(13-25-16(4)26-22)17-8-9-24-12-15(17)3/h8-9,11-14,20H,5-7,10H2,1-4H3. The van der Waals surface area contributed by atoms with Crippen molar-refractivity contribution < 1.29 is 9.32 Å². The predicted molar refractivity (Wildman–Crippen MR) is 113 cm³/mol. The first-order chi connectivity index (χ1) is 14.5. The van der Waals surface area contributed by atoms with Crippen molar-refractivity contribution in [3.05, 3.63) is 59.3 Å². The number of carbonyl (C=O) groups excluding carboxylic acids is 1. The van der Waals surface area contributed by atoms with Crippen LogP contribution in [-0.2, 0) is 0 Å². The normalized spacial score (nSPS) is 16.8. The fourth-order valence-electron chi connectivity index (χ4n) is 3.99. The Morgan fingerprint density at radius 2 is 2.03 bits per heavy atom. The van der Waals surface area contributed by atoms with Crippen LogP contribution in [0.2, 0.25) is 0 Å². The lowest BCUT2D eigenvalue weighted by Gasteiger charge is -2.35. The molecular formula is C23H27N5O2. The van der Waals surface area contributed by atoms with Crippen molar-refractivity contribution >= 4 is 5.91 Å². The molecule has 0 aromatic carbocycles. The third kappa shape index (κ3) is 3.84. The van der Waals surface area contributed by atoms with E-state index in [1.54, 1.807) is 12.3 Å². The number of carbonyl (C=O) groups is 1. The molecule has 1 atom stereocenters. The first-order valence-electron chi connectivity index (χ1n) is 10.5. The van der Waals surface area contributed by atoms with E-state index in [4.69, 9.17) is 9.51 Å². The largest absolute Gasteiger partial charge is 0.351 e. The van der Waals surface area contributed by atoms with Gasteiger partial charge in [0.05, 0.1) is 17.4 Å². The van der Waals surface area contributed by atoms with E-state index in [1.807, 2.05) is 51.1 Å². The molecule has 4 heterocycles. The van der Waals surface area contributed by atoms with E-state index in [0.29, 0.717) is 12.4 Å². The molecule has 7 heteroatoms. The number of hydrogen-bond donors (Lipinski definition) is 0. The summed E-state index contributed by atoms with van der Waals surface area (Å²) in [6, 6.07) is 3.61. The molecule has 3 aromatic heterocycles. The summed E-state index contributed by atoms with van der Waals surface area (Å²) in [4.78, 5) is 28.7. The van der Waals surface area contributed by atoms with E-state index < -0.39 is 0 Å². The van der Waals surface area contributed by atoms with Crippen LogP contribution in [0.3, 0.4) is 0 Å². The second-order valence-corrected chi connectivity index (χ2v) is 8.19. The number of likely N-dealkylation sites (tertiary alicyclic amines) is 1. The summed E-state index contributed by atoms with van der Waals surface area (Å²) < 4.78 is 5.40. The molecule has 1 aliphatic rings. The highest BCUT2D eigenvalue weighted by atomic mass is 16.5. The fraction of sp³-hybridized carbons (Fsp3) is 0.435. The lowest BCUT2D eigenvalue weighted by atomic mass is 9.92. The zero-order valence-corrected chi connectivity index (χ0v) is 17.9. The summed E-state index contributed by atoms with van der Waals surface area (Å²) in [6.45, 7) is 8.63. The first kappa shape index (κ1) is 20.2. The quantitative estimate of drug-likeness (QED) is 0.629. The summed E-state index contributed by atoms with van der Waals surface area (Å²) in [5, 5.41) is 4.07. The monoisotopic (exact) mass is 405 g/mol. The maximum atomic E-state index is 13.4. The Morgan fingerprint density at radius 3 is 2.77 bits per heavy atom. The Kier molecular flexibility index (Phi) is 5.61. The van der Waals surface area contributed by atoms with Crippen molar-refractivity contribution in [1.29, 1.82) is 0 Å². The number of aromatic nitrogens is 4. The number of nitrogens with zero attached hydrogens (tertiary/aromatic N) is 5. The molecule has 7 nitrogen and oxygen atoms in total. The maximum absolute atomic E-state index is 13.4. The average Bonchev–Trinajstić information content (AvgIpc) is 3.24. The summed E-state index contributed by atoms with van der Waals surface area (Å²) >= 11 is 0. The molecule has 0 N–H and O–H groups in total. The number of aryl methyl sites for hydroxylation is 2. The van der Waals surface area contributed by atoms with Gasteiger partial charge in [-0.05, 0) is 56.2 Å². The van der Waals surface area contributed by atoms with E-state index in [9.17, 15) is 4.79 Å². The minimum Gasteiger partial charge on any atom is -0.351 e. The Labute approximate surface area is 176 Å². The van der Waals surface area contributed by atoms with Gasteiger partial charge >= 0.3 is 0 Å². The van der Waals surface area contributed by atoms with Crippen molar-refractivity contribution in [1.82, 2.24) is 25.0 Å². The van der Waals surface area contributed by atoms with Crippen molar-refractivity contribution in [2.75, 3.05) is 6.54 Å². The third-order valence-corrected chi connectivity index (χ3v) is 5.66. The number of hydrogen-bond acceptors (Lipinski definition) is 6. The van der Waals surface area contributed by atoms with Crippen molar-refractivity contribution in [2.24, 2.45) is 0 Å². The number of rotatable bonds is 4. The minimum absolute atomic E-state index is 0.132. The zero-order chi connectivity index (χ0) is 21.3. The third-order valence-electron chi connectivity index (χ3n) is 5.66. The van der Waals surface area contributed by atoms with Gasteiger partial charge in [0.2, 0.25) is 5.76 Å². The molecule has 0 bridgehead atoms. The topological polar surface area (TPSA) is 85.0 Å². The van der Waals surface area contributed by atoms with E-state index in [-0.39, 0.29) is 23.6 Å². The summed E-state index contributed by atoms with van der Waals surface area (Å²) in [5.74, 6) is 1.06. The molecule has 0 aliphatic carbocycles. The SMILES string of the molecule is Cc1ncc(-c2ccncc2C)c(C2CCCCN2C(=O)c2cc(C(C)C)no2)n1. The van der Waals surface area contributed by atoms with Gasteiger partial charge in [-0.15, -0.1) is 0 Å². The number of amides is 1. The van der Waals surface area contributed by atoms with Crippen LogP contribution in [0.15, 0.2) is 35.2 Å². The molecule has 0 radical (unpaired) electrons. The van der Waals surface area contributed by atoms with Crippen LogP contribution in [0.5, 0.6) is 0 Å². The summed E-state index contributed by atoms with van der Waals surface area (Å²) in [5.41, 5.74) is 4.72. The van der Waals surface area contributed by atoms with Gasteiger partial charge in [0.1, 0.15) is 5.82 Å². The maximum Gasteiger partial charge on any atom is 0.293 e. The lowest BCUT2D eigenvalue weighted by Crippen LogP contribution is -2.39. The highest BCUT2D eigenvalue weighted by Crippen LogP contribution is 2.37. The molecule has 1 fully saturated rings. The van der Waals surface area contributed by atoms with Gasteiger partial charge in [-0.25, -0.2) is 9.97 Å². The Morgan fingerprint density at radius 1 is 1.20 bits per heavy atom. The van der Waals surface area contributed by atoms with Crippen LogP contribution in [0.4, 0.5) is 0 Å². The number of pyridine rings is 1. The van der Waals surface area contributed by atoms with Gasteiger partial charge in [0.25, 0.3) is 5.91 Å². The van der Waals surface area contributed by atoms with E-state index in [1.165, 1.54) is 0 Å². The van der Waals surface area contributed by atoms with Crippen LogP contribution in [-0.4, -0.2) is 37.5 Å². The Hall–Kier alpha value is -3.09. The van der Waals surface area contributed by atoms with Gasteiger partial charge in [0, 0.05) is 36.8 Å². The molecule has 1 amide bonds. The van der Waals surface area contributed by atoms with Crippen LogP contribution in [0.1, 0.15) is 78.4 Å². The molecular weight excluding hydrogens is 378 g/mol. The summed E-state index contributed by atoms with van der Waals surface area (Å²) in [7, 11) is 0. The highest BCUT2D eigenvalue weighted by molar-refractivity contribution is 5.92. The second kappa shape index (κ2) is 8.34. The van der Waals surface area contributed by atoms with Crippen LogP contribution in [0.25, 0.3) is 11.1 Å².